The van der Waals surface area contributed by atoms with Crippen LogP contribution in [-0.4, -0.2) is 5.78 Å². The minimum atomic E-state index is -1.18. The molecule has 6 heteroatoms. The zero-order valence-corrected chi connectivity index (χ0v) is 11.5. The van der Waals surface area contributed by atoms with Gasteiger partial charge in [0.1, 0.15) is 5.82 Å². The van der Waals surface area contributed by atoms with Gasteiger partial charge in [-0.1, -0.05) is 11.6 Å². The molecule has 0 N–H and O–H groups in total. The molecule has 0 saturated carbocycles. The van der Waals surface area contributed by atoms with E-state index in [0.717, 1.165) is 24.3 Å². The van der Waals surface area contributed by atoms with Crippen LogP contribution in [0.1, 0.15) is 15.9 Å². The normalized spacial score (nSPS) is 10.6. The topological polar surface area (TPSA) is 17.1 Å². The second-order valence-corrected chi connectivity index (χ2v) is 4.88. The second-order valence-electron chi connectivity index (χ2n) is 3.68. The van der Waals surface area contributed by atoms with E-state index >= 15 is 0 Å². The van der Waals surface area contributed by atoms with Crippen molar-refractivity contribution in [2.45, 2.75) is 0 Å². The zero-order chi connectivity index (χ0) is 14.2. The van der Waals surface area contributed by atoms with E-state index in [-0.39, 0.29) is 20.6 Å². The van der Waals surface area contributed by atoms with Crippen LogP contribution in [0.15, 0.2) is 34.8 Å². The molecule has 19 heavy (non-hydrogen) atoms. The molecule has 0 spiro atoms. The summed E-state index contributed by atoms with van der Waals surface area (Å²) in [6.07, 6.45) is 0. The van der Waals surface area contributed by atoms with Crippen molar-refractivity contribution in [1.29, 1.82) is 0 Å². The van der Waals surface area contributed by atoms with E-state index in [0.29, 0.717) is 0 Å². The van der Waals surface area contributed by atoms with Crippen LogP contribution < -0.4 is 0 Å². The van der Waals surface area contributed by atoms with Gasteiger partial charge in [-0.15, -0.1) is 0 Å². The van der Waals surface area contributed by atoms with E-state index in [9.17, 15) is 18.0 Å². The first-order valence-corrected chi connectivity index (χ1v) is 6.22. The first kappa shape index (κ1) is 14.1. The number of hydrogen-bond acceptors (Lipinski definition) is 1. The highest BCUT2D eigenvalue weighted by Crippen LogP contribution is 2.27. The summed E-state index contributed by atoms with van der Waals surface area (Å²) in [7, 11) is 0. The van der Waals surface area contributed by atoms with E-state index in [1.54, 1.807) is 0 Å². The number of carbonyl (C=O) groups excluding carboxylic acids is 1. The fourth-order valence-corrected chi connectivity index (χ4v) is 2.22. The van der Waals surface area contributed by atoms with Crippen LogP contribution in [0.2, 0.25) is 5.02 Å². The molecule has 0 aromatic heterocycles. The zero-order valence-electron chi connectivity index (χ0n) is 9.18. The van der Waals surface area contributed by atoms with Gasteiger partial charge in [-0.25, -0.2) is 13.2 Å². The van der Waals surface area contributed by atoms with E-state index in [2.05, 4.69) is 15.9 Å². The van der Waals surface area contributed by atoms with Gasteiger partial charge < -0.3 is 0 Å². The van der Waals surface area contributed by atoms with Crippen molar-refractivity contribution in [3.05, 3.63) is 68.4 Å². The van der Waals surface area contributed by atoms with E-state index in [1.807, 2.05) is 0 Å². The average molecular weight is 350 g/mol. The molecule has 0 bridgehead atoms. The number of carbonyl (C=O) groups is 1. The Labute approximate surface area is 120 Å². The maximum Gasteiger partial charge on any atom is 0.195 e. The molecule has 0 saturated heterocycles. The highest BCUT2D eigenvalue weighted by molar-refractivity contribution is 9.10. The molecule has 0 aliphatic rings. The SMILES string of the molecule is O=C(c1cc(F)ccc1Cl)c1ccc(F)c(F)c1Br. The van der Waals surface area contributed by atoms with Gasteiger partial charge in [-0.2, -0.15) is 0 Å². The fourth-order valence-electron chi connectivity index (χ4n) is 1.52. The number of ketones is 1. The molecule has 0 fully saturated rings. The minimum absolute atomic E-state index is 0.0306. The van der Waals surface area contributed by atoms with E-state index in [1.165, 1.54) is 6.07 Å². The van der Waals surface area contributed by atoms with Crippen molar-refractivity contribution in [1.82, 2.24) is 0 Å². The molecule has 0 amide bonds. The summed E-state index contributed by atoms with van der Waals surface area (Å²) in [5.41, 5.74) is -0.250. The fraction of sp³-hybridized carbons (Fsp3) is 0. The smallest absolute Gasteiger partial charge is 0.195 e. The van der Waals surface area contributed by atoms with Crippen molar-refractivity contribution in [2.24, 2.45) is 0 Å². The van der Waals surface area contributed by atoms with E-state index in [4.69, 9.17) is 11.6 Å². The Hall–Kier alpha value is -1.33. The molecule has 1 nitrogen and oxygen atoms in total. The lowest BCUT2D eigenvalue weighted by molar-refractivity contribution is 0.103. The van der Waals surface area contributed by atoms with Gasteiger partial charge in [0.2, 0.25) is 0 Å². The Bertz CT molecular complexity index is 673. The van der Waals surface area contributed by atoms with Crippen molar-refractivity contribution < 1.29 is 18.0 Å². The predicted octanol–water partition coefficient (Wildman–Crippen LogP) is 4.75. The first-order valence-electron chi connectivity index (χ1n) is 5.05. The number of rotatable bonds is 2. The van der Waals surface area contributed by atoms with Gasteiger partial charge in [0.15, 0.2) is 17.4 Å². The van der Waals surface area contributed by atoms with Gasteiger partial charge in [0, 0.05) is 11.1 Å². The Balaban J connectivity index is 2.56. The van der Waals surface area contributed by atoms with Crippen LogP contribution in [0.5, 0.6) is 0 Å². The first-order chi connectivity index (χ1) is 8.91. The third kappa shape index (κ3) is 2.67. The van der Waals surface area contributed by atoms with Crippen LogP contribution in [-0.2, 0) is 0 Å². The Morgan fingerprint density at radius 3 is 2.42 bits per heavy atom. The lowest BCUT2D eigenvalue weighted by Gasteiger charge is -2.07. The Morgan fingerprint density at radius 1 is 1.05 bits per heavy atom. The monoisotopic (exact) mass is 348 g/mol. The molecule has 0 heterocycles. The average Bonchev–Trinajstić information content (AvgIpc) is 2.38. The standard InChI is InChI=1S/C13H5BrClF3O/c14-11-7(2-4-10(17)12(11)18)13(19)8-5-6(16)1-3-9(8)15/h1-5H. The van der Waals surface area contributed by atoms with Crippen molar-refractivity contribution in [3.8, 4) is 0 Å². The maximum atomic E-state index is 13.4. The number of benzene rings is 2. The van der Waals surface area contributed by atoms with Gasteiger partial charge in [-0.05, 0) is 46.3 Å². The molecule has 0 atom stereocenters. The Kier molecular flexibility index (Phi) is 3.96. The molecule has 2 rings (SSSR count). The van der Waals surface area contributed by atoms with E-state index < -0.39 is 23.2 Å². The van der Waals surface area contributed by atoms with Crippen LogP contribution >= 0.6 is 27.5 Å². The quantitative estimate of drug-likeness (QED) is 0.565. The van der Waals surface area contributed by atoms with Crippen LogP contribution in [0.4, 0.5) is 13.2 Å². The molecule has 0 unspecified atom stereocenters. The summed E-state index contributed by atoms with van der Waals surface area (Å²) >= 11 is 8.59. The lowest BCUT2D eigenvalue weighted by atomic mass is 10.0. The highest BCUT2D eigenvalue weighted by Gasteiger charge is 2.20. The predicted molar refractivity (Wildman–Crippen MR) is 68.9 cm³/mol. The van der Waals surface area contributed by atoms with Crippen molar-refractivity contribution >= 4 is 33.3 Å². The molecule has 0 aliphatic carbocycles. The van der Waals surface area contributed by atoms with Gasteiger partial charge in [0.05, 0.1) is 9.50 Å². The van der Waals surface area contributed by atoms with Crippen molar-refractivity contribution in [2.75, 3.05) is 0 Å². The van der Waals surface area contributed by atoms with Gasteiger partial charge >= 0.3 is 0 Å². The third-order valence-electron chi connectivity index (χ3n) is 2.45. The second kappa shape index (κ2) is 5.35. The molecular weight excluding hydrogens is 344 g/mol. The summed E-state index contributed by atoms with van der Waals surface area (Å²) in [6.45, 7) is 0. The summed E-state index contributed by atoms with van der Waals surface area (Å²) < 4.78 is 39.1. The minimum Gasteiger partial charge on any atom is -0.289 e. The number of halogens is 5. The van der Waals surface area contributed by atoms with Gasteiger partial charge in [0.25, 0.3) is 0 Å². The number of hydrogen-bond donors (Lipinski definition) is 0. The summed E-state index contributed by atoms with van der Waals surface area (Å²) in [5, 5.41) is 0.0306. The highest BCUT2D eigenvalue weighted by atomic mass is 79.9. The molecule has 98 valence electrons. The third-order valence-corrected chi connectivity index (χ3v) is 3.56. The Morgan fingerprint density at radius 2 is 1.74 bits per heavy atom. The largest absolute Gasteiger partial charge is 0.289 e. The maximum absolute atomic E-state index is 13.4. The molecular formula is C13H5BrClF3O. The summed E-state index contributed by atoms with van der Waals surface area (Å²) in [4.78, 5) is 12.1. The summed E-state index contributed by atoms with van der Waals surface area (Å²) in [6, 6.07) is 5.18. The van der Waals surface area contributed by atoms with Crippen LogP contribution in [0.3, 0.4) is 0 Å². The van der Waals surface area contributed by atoms with Gasteiger partial charge in [-0.3, -0.25) is 4.79 Å². The summed E-state index contributed by atoms with van der Waals surface area (Å²) in [5.74, 6) is -3.62. The molecule has 0 aliphatic heterocycles. The lowest BCUT2D eigenvalue weighted by Crippen LogP contribution is -2.06. The molecule has 2 aromatic rings. The molecule has 0 radical (unpaired) electrons. The molecule has 2 aromatic carbocycles. The van der Waals surface area contributed by atoms with Crippen LogP contribution in [0.25, 0.3) is 0 Å². The van der Waals surface area contributed by atoms with Crippen molar-refractivity contribution in [3.63, 3.8) is 0 Å². The van der Waals surface area contributed by atoms with Crippen LogP contribution in [0, 0.1) is 17.5 Å².